The molecule has 0 radical (unpaired) electrons. The molecule has 0 aliphatic carbocycles. The van der Waals surface area contributed by atoms with Crippen LogP contribution >= 0.6 is 0 Å². The third kappa shape index (κ3) is 8.09. The second kappa shape index (κ2) is 8.95. The minimum absolute atomic E-state index is 0.0917. The second-order valence-electron chi connectivity index (χ2n) is 6.61. The van der Waals surface area contributed by atoms with Crippen molar-refractivity contribution in [2.24, 2.45) is 0 Å². The van der Waals surface area contributed by atoms with Gasteiger partial charge in [-0.15, -0.1) is 0 Å². The molecule has 1 aromatic heterocycles. The van der Waals surface area contributed by atoms with Gasteiger partial charge in [0.1, 0.15) is 6.54 Å². The van der Waals surface area contributed by atoms with E-state index in [1.807, 2.05) is 20.8 Å². The highest BCUT2D eigenvalue weighted by molar-refractivity contribution is 5.86. The van der Waals surface area contributed by atoms with Crippen LogP contribution in [0.15, 0.2) is 18.5 Å². The lowest BCUT2D eigenvalue weighted by atomic mass is 10.1. The predicted molar refractivity (Wildman–Crippen MR) is 91.8 cm³/mol. The van der Waals surface area contributed by atoms with Gasteiger partial charge >= 0.3 is 5.97 Å². The van der Waals surface area contributed by atoms with Crippen LogP contribution in [0.2, 0.25) is 0 Å². The zero-order valence-corrected chi connectivity index (χ0v) is 15.3. The van der Waals surface area contributed by atoms with Gasteiger partial charge in [-0.05, 0) is 26.8 Å². The molecule has 0 unspecified atom stereocenters. The van der Waals surface area contributed by atoms with Crippen molar-refractivity contribution >= 4 is 23.7 Å². The number of hydrogen-bond donors (Lipinski definition) is 1. The number of carbonyl (C=O) groups is 3. The summed E-state index contributed by atoms with van der Waals surface area (Å²) in [5.74, 6) is -0.954. The summed E-state index contributed by atoms with van der Waals surface area (Å²) in [6, 6.07) is 1.67. The van der Waals surface area contributed by atoms with E-state index >= 15 is 0 Å². The molecular weight excluding hydrogens is 326 g/mol. The summed E-state index contributed by atoms with van der Waals surface area (Å²) in [4.78, 5) is 46.2. The van der Waals surface area contributed by atoms with Gasteiger partial charge in [-0.2, -0.15) is 0 Å². The van der Waals surface area contributed by atoms with Gasteiger partial charge in [0.25, 0.3) is 5.91 Å². The molecule has 138 valence electrons. The van der Waals surface area contributed by atoms with Gasteiger partial charge in [0.15, 0.2) is 6.61 Å². The molecule has 1 aromatic rings. The largest absolute Gasteiger partial charge is 0.454 e. The highest BCUT2D eigenvalue weighted by Gasteiger charge is 2.19. The lowest BCUT2D eigenvalue weighted by Crippen LogP contribution is -2.47. The number of amides is 2. The normalized spacial score (nSPS) is 10.8. The van der Waals surface area contributed by atoms with E-state index in [4.69, 9.17) is 4.74 Å². The van der Waals surface area contributed by atoms with E-state index < -0.39 is 18.5 Å². The molecule has 0 fully saturated rings. The number of anilines is 1. The van der Waals surface area contributed by atoms with Crippen LogP contribution in [0.4, 0.5) is 5.95 Å². The molecule has 0 saturated carbocycles. The van der Waals surface area contributed by atoms with Crippen LogP contribution in [0.1, 0.15) is 20.8 Å². The standard InChI is InChI=1S/C16H25N5O4/c1-16(2,3)19-12(22)9-20(4)13(23)11-25-14(24)10-21(5)15-17-7-6-8-18-15/h6-8H,9-11H2,1-5H3,(H,19,22). The smallest absolute Gasteiger partial charge is 0.326 e. The SMILES string of the molecule is CN(CC(=O)NC(C)(C)C)C(=O)COC(=O)CN(C)c1ncccn1. The Kier molecular flexibility index (Phi) is 7.28. The predicted octanol–water partition coefficient (Wildman–Crippen LogP) is -0.171. The van der Waals surface area contributed by atoms with Crippen molar-refractivity contribution in [1.29, 1.82) is 0 Å². The number of nitrogens with one attached hydrogen (secondary N) is 1. The summed E-state index contributed by atoms with van der Waals surface area (Å²) in [5.41, 5.74) is -0.377. The summed E-state index contributed by atoms with van der Waals surface area (Å²) in [5, 5.41) is 2.75. The van der Waals surface area contributed by atoms with Gasteiger partial charge in [-0.1, -0.05) is 0 Å². The van der Waals surface area contributed by atoms with Crippen molar-refractivity contribution in [1.82, 2.24) is 20.2 Å². The first-order valence-corrected chi connectivity index (χ1v) is 7.77. The number of hydrogen-bond acceptors (Lipinski definition) is 7. The van der Waals surface area contributed by atoms with E-state index in [-0.39, 0.29) is 24.5 Å². The van der Waals surface area contributed by atoms with Crippen LogP contribution in [-0.2, 0) is 19.1 Å². The van der Waals surface area contributed by atoms with Gasteiger partial charge in [0.2, 0.25) is 11.9 Å². The molecule has 9 nitrogen and oxygen atoms in total. The Balaban J connectivity index is 2.37. The number of aromatic nitrogens is 2. The van der Waals surface area contributed by atoms with Crippen molar-refractivity contribution in [3.63, 3.8) is 0 Å². The van der Waals surface area contributed by atoms with E-state index in [0.29, 0.717) is 5.95 Å². The summed E-state index contributed by atoms with van der Waals surface area (Å²) >= 11 is 0. The highest BCUT2D eigenvalue weighted by Crippen LogP contribution is 2.02. The van der Waals surface area contributed by atoms with Gasteiger partial charge < -0.3 is 19.9 Å². The Morgan fingerprint density at radius 1 is 1.12 bits per heavy atom. The van der Waals surface area contributed by atoms with Crippen LogP contribution in [0.25, 0.3) is 0 Å². The van der Waals surface area contributed by atoms with Crippen molar-refractivity contribution < 1.29 is 19.1 Å². The molecule has 0 atom stereocenters. The first kappa shape index (κ1) is 20.3. The number of ether oxygens (including phenoxy) is 1. The molecule has 1 rings (SSSR count). The van der Waals surface area contributed by atoms with Crippen molar-refractivity contribution in [2.75, 3.05) is 38.7 Å². The molecule has 2 amide bonds. The van der Waals surface area contributed by atoms with Crippen LogP contribution in [0.3, 0.4) is 0 Å². The molecule has 25 heavy (non-hydrogen) atoms. The quantitative estimate of drug-likeness (QED) is 0.680. The van der Waals surface area contributed by atoms with Crippen molar-refractivity contribution in [2.45, 2.75) is 26.3 Å². The number of rotatable bonds is 7. The monoisotopic (exact) mass is 351 g/mol. The first-order chi connectivity index (χ1) is 11.6. The third-order valence-corrected chi connectivity index (χ3v) is 2.94. The number of esters is 1. The zero-order valence-electron chi connectivity index (χ0n) is 15.3. The average Bonchev–Trinajstić information content (AvgIpc) is 2.51. The minimum Gasteiger partial charge on any atom is -0.454 e. The van der Waals surface area contributed by atoms with Crippen molar-refractivity contribution in [3.8, 4) is 0 Å². The number of nitrogens with zero attached hydrogens (tertiary/aromatic N) is 4. The molecule has 0 aromatic carbocycles. The maximum Gasteiger partial charge on any atom is 0.326 e. The number of likely N-dealkylation sites (N-methyl/N-ethyl adjacent to an activating group) is 2. The van der Waals surface area contributed by atoms with Crippen LogP contribution in [0, 0.1) is 0 Å². The van der Waals surface area contributed by atoms with E-state index in [1.54, 1.807) is 25.5 Å². The van der Waals surface area contributed by atoms with E-state index in [0.717, 1.165) is 0 Å². The van der Waals surface area contributed by atoms with Gasteiger partial charge in [0.05, 0.1) is 6.54 Å². The third-order valence-electron chi connectivity index (χ3n) is 2.94. The molecule has 1 heterocycles. The Hall–Kier alpha value is -2.71. The molecule has 0 aliphatic heterocycles. The fourth-order valence-corrected chi connectivity index (χ4v) is 1.81. The summed E-state index contributed by atoms with van der Waals surface area (Å²) < 4.78 is 4.94. The topological polar surface area (TPSA) is 105 Å². The molecule has 0 spiro atoms. The lowest BCUT2D eigenvalue weighted by Gasteiger charge is -2.23. The number of carbonyl (C=O) groups excluding carboxylic acids is 3. The Morgan fingerprint density at radius 3 is 2.28 bits per heavy atom. The molecule has 0 saturated heterocycles. The van der Waals surface area contributed by atoms with E-state index in [2.05, 4.69) is 15.3 Å². The van der Waals surface area contributed by atoms with Gasteiger partial charge in [0, 0.05) is 32.0 Å². The van der Waals surface area contributed by atoms with E-state index in [1.165, 1.54) is 16.8 Å². The highest BCUT2D eigenvalue weighted by atomic mass is 16.5. The maximum atomic E-state index is 11.9. The Bertz CT molecular complexity index is 600. The zero-order chi connectivity index (χ0) is 19.0. The summed E-state index contributed by atoms with van der Waals surface area (Å²) in [6.45, 7) is 4.92. The molecule has 9 heteroatoms. The summed E-state index contributed by atoms with van der Waals surface area (Å²) in [6.07, 6.45) is 3.12. The van der Waals surface area contributed by atoms with Crippen LogP contribution in [-0.4, -0.2) is 72.0 Å². The molecular formula is C16H25N5O4. The van der Waals surface area contributed by atoms with Crippen LogP contribution < -0.4 is 10.2 Å². The Labute approximate surface area is 147 Å². The molecule has 0 bridgehead atoms. The fourth-order valence-electron chi connectivity index (χ4n) is 1.81. The first-order valence-electron chi connectivity index (χ1n) is 7.77. The van der Waals surface area contributed by atoms with Crippen LogP contribution in [0.5, 0.6) is 0 Å². The fraction of sp³-hybridized carbons (Fsp3) is 0.562. The molecule has 0 aliphatic rings. The van der Waals surface area contributed by atoms with Gasteiger partial charge in [-0.3, -0.25) is 14.4 Å². The summed E-state index contributed by atoms with van der Waals surface area (Å²) in [7, 11) is 3.11. The maximum absolute atomic E-state index is 11.9. The average molecular weight is 351 g/mol. The van der Waals surface area contributed by atoms with E-state index in [9.17, 15) is 14.4 Å². The molecule has 1 N–H and O–H groups in total. The minimum atomic E-state index is -0.587. The lowest BCUT2D eigenvalue weighted by molar-refractivity contribution is -0.150. The Morgan fingerprint density at radius 2 is 1.72 bits per heavy atom. The van der Waals surface area contributed by atoms with Gasteiger partial charge in [-0.25, -0.2) is 9.97 Å². The second-order valence-corrected chi connectivity index (χ2v) is 6.61. The van der Waals surface area contributed by atoms with Crippen molar-refractivity contribution in [3.05, 3.63) is 18.5 Å².